The highest BCUT2D eigenvalue weighted by Crippen LogP contribution is 2.31. The summed E-state index contributed by atoms with van der Waals surface area (Å²) in [5.74, 6) is -0.314. The highest BCUT2D eigenvalue weighted by atomic mass is 19.4. The molecule has 0 aliphatic carbocycles. The average Bonchev–Trinajstić information content (AvgIpc) is 2.88. The van der Waals surface area contributed by atoms with Crippen LogP contribution in [-0.4, -0.2) is 39.6 Å². The Balaban J connectivity index is 1.78. The van der Waals surface area contributed by atoms with E-state index in [9.17, 15) is 22.8 Å². The van der Waals surface area contributed by atoms with Crippen LogP contribution in [0.4, 0.5) is 13.2 Å². The second-order valence-electron chi connectivity index (χ2n) is 6.20. The number of carbonyl (C=O) groups is 1. The third-order valence-electron chi connectivity index (χ3n) is 4.45. The quantitative estimate of drug-likeness (QED) is 0.813. The topological polar surface area (TPSA) is 56.5 Å². The molecule has 0 bridgehead atoms. The number of amides is 1. The normalized spacial score (nSPS) is 18.2. The Kier molecular flexibility index (Phi) is 4.66. The monoisotopic (exact) mass is 369 g/mol. The van der Waals surface area contributed by atoms with Gasteiger partial charge in [0.05, 0.1) is 18.7 Å². The van der Waals surface area contributed by atoms with E-state index in [-0.39, 0.29) is 30.4 Å². The van der Waals surface area contributed by atoms with Gasteiger partial charge in [-0.3, -0.25) is 9.36 Å². The molecule has 1 aromatic carbocycles. The summed E-state index contributed by atoms with van der Waals surface area (Å²) in [7, 11) is 3.08. The van der Waals surface area contributed by atoms with Gasteiger partial charge in [0.25, 0.3) is 5.91 Å². The Morgan fingerprint density at radius 1 is 1.19 bits per heavy atom. The maximum atomic E-state index is 12.7. The lowest BCUT2D eigenvalue weighted by Crippen LogP contribution is -2.43. The van der Waals surface area contributed by atoms with Gasteiger partial charge in [0.15, 0.2) is 0 Å². The standard InChI is InChI=1S/C17H18F3N3O3/c1-21-9-13(22(2)16(21)25)15(24)23-7-8-26-14(10-23)11-3-5-12(6-4-11)17(18,19)20/h3-6,9,14H,7-8,10H2,1-2H3. The van der Waals surface area contributed by atoms with E-state index in [0.29, 0.717) is 12.1 Å². The van der Waals surface area contributed by atoms with Crippen LogP contribution in [0.15, 0.2) is 35.3 Å². The highest BCUT2D eigenvalue weighted by molar-refractivity contribution is 5.92. The summed E-state index contributed by atoms with van der Waals surface area (Å²) < 4.78 is 46.2. The molecule has 140 valence electrons. The van der Waals surface area contributed by atoms with Crippen molar-refractivity contribution in [3.05, 3.63) is 57.8 Å². The van der Waals surface area contributed by atoms with E-state index in [1.165, 1.54) is 34.5 Å². The van der Waals surface area contributed by atoms with Gasteiger partial charge in [-0.25, -0.2) is 4.79 Å². The number of rotatable bonds is 2. The zero-order valence-corrected chi connectivity index (χ0v) is 14.3. The highest BCUT2D eigenvalue weighted by Gasteiger charge is 2.32. The summed E-state index contributed by atoms with van der Waals surface area (Å²) in [4.78, 5) is 26.1. The summed E-state index contributed by atoms with van der Waals surface area (Å²) in [6.07, 6.45) is -3.45. The number of imidazole rings is 1. The third kappa shape index (κ3) is 3.39. The summed E-state index contributed by atoms with van der Waals surface area (Å²) in [6, 6.07) is 4.72. The second kappa shape index (κ2) is 6.64. The summed E-state index contributed by atoms with van der Waals surface area (Å²) >= 11 is 0. The first-order valence-corrected chi connectivity index (χ1v) is 7.99. The Morgan fingerprint density at radius 2 is 1.85 bits per heavy atom. The number of hydrogen-bond acceptors (Lipinski definition) is 3. The van der Waals surface area contributed by atoms with Crippen LogP contribution in [0.1, 0.15) is 27.7 Å². The number of carbonyl (C=O) groups excluding carboxylic acids is 1. The Bertz CT molecular complexity index is 868. The lowest BCUT2D eigenvalue weighted by molar-refractivity contribution is -0.137. The molecule has 0 spiro atoms. The number of hydrogen-bond donors (Lipinski definition) is 0. The molecule has 1 aromatic heterocycles. The first-order chi connectivity index (χ1) is 12.2. The molecule has 6 nitrogen and oxygen atoms in total. The lowest BCUT2D eigenvalue weighted by atomic mass is 10.0. The number of aromatic nitrogens is 2. The molecule has 1 aliphatic rings. The molecule has 2 aromatic rings. The molecule has 3 rings (SSSR count). The van der Waals surface area contributed by atoms with E-state index in [2.05, 4.69) is 0 Å². The van der Waals surface area contributed by atoms with Gasteiger partial charge in [-0.05, 0) is 17.7 Å². The molecule has 9 heteroatoms. The number of benzene rings is 1. The maximum Gasteiger partial charge on any atom is 0.416 e. The molecule has 1 unspecified atom stereocenters. The van der Waals surface area contributed by atoms with Crippen molar-refractivity contribution < 1.29 is 22.7 Å². The van der Waals surface area contributed by atoms with E-state index in [0.717, 1.165) is 12.1 Å². The maximum absolute atomic E-state index is 12.7. The predicted octanol–water partition coefficient (Wildman–Crippen LogP) is 1.96. The first kappa shape index (κ1) is 18.2. The van der Waals surface area contributed by atoms with Crippen molar-refractivity contribution in [3.63, 3.8) is 0 Å². The van der Waals surface area contributed by atoms with Crippen LogP contribution in [0.5, 0.6) is 0 Å². The van der Waals surface area contributed by atoms with Crippen LogP contribution in [0.3, 0.4) is 0 Å². The Morgan fingerprint density at radius 3 is 2.38 bits per heavy atom. The van der Waals surface area contributed by atoms with Crippen molar-refractivity contribution in [1.29, 1.82) is 0 Å². The smallest absolute Gasteiger partial charge is 0.370 e. The molecule has 1 saturated heterocycles. The van der Waals surface area contributed by atoms with E-state index < -0.39 is 17.8 Å². The summed E-state index contributed by atoms with van der Waals surface area (Å²) in [5, 5.41) is 0. The molecule has 0 radical (unpaired) electrons. The minimum Gasteiger partial charge on any atom is -0.370 e. The van der Waals surface area contributed by atoms with Gasteiger partial charge in [-0.1, -0.05) is 12.1 Å². The van der Waals surface area contributed by atoms with E-state index >= 15 is 0 Å². The summed E-state index contributed by atoms with van der Waals surface area (Å²) in [6.45, 7) is 0.810. The number of morpholine rings is 1. The van der Waals surface area contributed by atoms with Gasteiger partial charge < -0.3 is 14.2 Å². The molecule has 0 saturated carbocycles. The van der Waals surface area contributed by atoms with E-state index in [1.54, 1.807) is 11.9 Å². The average molecular weight is 369 g/mol. The summed E-state index contributed by atoms with van der Waals surface area (Å²) in [5.41, 5.74) is -0.215. The van der Waals surface area contributed by atoms with Crippen LogP contribution in [0, 0.1) is 0 Å². The third-order valence-corrected chi connectivity index (χ3v) is 4.45. The Hall–Kier alpha value is -2.55. The largest absolute Gasteiger partial charge is 0.416 e. The molecule has 2 heterocycles. The zero-order chi connectivity index (χ0) is 19.1. The number of alkyl halides is 3. The number of nitrogens with zero attached hydrogens (tertiary/aromatic N) is 3. The van der Waals surface area contributed by atoms with Crippen LogP contribution in [0.25, 0.3) is 0 Å². The minimum absolute atomic E-state index is 0.202. The minimum atomic E-state index is -4.40. The van der Waals surface area contributed by atoms with E-state index in [4.69, 9.17) is 4.74 Å². The van der Waals surface area contributed by atoms with Crippen molar-refractivity contribution in [2.45, 2.75) is 12.3 Å². The lowest BCUT2D eigenvalue weighted by Gasteiger charge is -2.33. The van der Waals surface area contributed by atoms with Crippen molar-refractivity contribution in [2.24, 2.45) is 14.1 Å². The molecule has 1 amide bonds. The second-order valence-corrected chi connectivity index (χ2v) is 6.20. The van der Waals surface area contributed by atoms with Gasteiger partial charge in [-0.2, -0.15) is 13.2 Å². The van der Waals surface area contributed by atoms with Crippen molar-refractivity contribution >= 4 is 5.91 Å². The molecule has 26 heavy (non-hydrogen) atoms. The van der Waals surface area contributed by atoms with Crippen LogP contribution in [0.2, 0.25) is 0 Å². The number of halogens is 3. The Labute approximate surface area is 147 Å². The van der Waals surface area contributed by atoms with Gasteiger partial charge in [-0.15, -0.1) is 0 Å². The number of aryl methyl sites for hydroxylation is 1. The number of ether oxygens (including phenoxy) is 1. The van der Waals surface area contributed by atoms with Gasteiger partial charge >= 0.3 is 11.9 Å². The first-order valence-electron chi connectivity index (χ1n) is 7.99. The van der Waals surface area contributed by atoms with Crippen LogP contribution >= 0.6 is 0 Å². The zero-order valence-electron chi connectivity index (χ0n) is 14.3. The van der Waals surface area contributed by atoms with E-state index in [1.807, 2.05) is 0 Å². The molecule has 0 N–H and O–H groups in total. The molecule has 1 fully saturated rings. The molecular weight excluding hydrogens is 351 g/mol. The fourth-order valence-corrected chi connectivity index (χ4v) is 2.95. The van der Waals surface area contributed by atoms with Gasteiger partial charge in [0, 0.05) is 26.8 Å². The van der Waals surface area contributed by atoms with Crippen LogP contribution < -0.4 is 5.69 Å². The van der Waals surface area contributed by atoms with Crippen LogP contribution in [-0.2, 0) is 25.0 Å². The fourth-order valence-electron chi connectivity index (χ4n) is 2.95. The van der Waals surface area contributed by atoms with Crippen molar-refractivity contribution in [1.82, 2.24) is 14.0 Å². The van der Waals surface area contributed by atoms with Crippen molar-refractivity contribution in [3.8, 4) is 0 Å². The fraction of sp³-hybridized carbons (Fsp3) is 0.412. The SMILES string of the molecule is Cn1cc(C(=O)N2CCOC(c3ccc(C(F)(F)F)cc3)C2)n(C)c1=O. The molecule has 1 atom stereocenters. The molecular formula is C17H18F3N3O3. The predicted molar refractivity (Wildman–Crippen MR) is 86.7 cm³/mol. The van der Waals surface area contributed by atoms with Gasteiger partial charge in [0.2, 0.25) is 0 Å². The van der Waals surface area contributed by atoms with Gasteiger partial charge in [0.1, 0.15) is 11.8 Å². The molecule has 1 aliphatic heterocycles. The van der Waals surface area contributed by atoms with Crippen molar-refractivity contribution in [2.75, 3.05) is 19.7 Å².